The summed E-state index contributed by atoms with van der Waals surface area (Å²) in [5.41, 5.74) is 0.0775. The van der Waals surface area contributed by atoms with E-state index in [-0.39, 0.29) is 5.54 Å². The maximum atomic E-state index is 12.0. The Bertz CT molecular complexity index is 247. The highest BCUT2D eigenvalue weighted by Gasteiger charge is 2.33. The van der Waals surface area contributed by atoms with E-state index >= 15 is 0 Å². The fraction of sp³-hybridized carbons (Fsp3) is 1.00. The van der Waals surface area contributed by atoms with Gasteiger partial charge in [0.05, 0.1) is 6.61 Å². The van der Waals surface area contributed by atoms with Crippen molar-refractivity contribution in [2.75, 3.05) is 32.8 Å². The molecule has 1 atom stereocenters. The molecule has 0 aliphatic carbocycles. The molecule has 108 valence electrons. The summed E-state index contributed by atoms with van der Waals surface area (Å²) in [4.78, 5) is 2.35. The van der Waals surface area contributed by atoms with E-state index < -0.39 is 13.0 Å². The Balaban J connectivity index is 2.41. The molecule has 5 heteroatoms. The molecular weight excluding hydrogens is 238 g/mol. The first-order chi connectivity index (χ1) is 8.32. The van der Waals surface area contributed by atoms with Gasteiger partial charge in [-0.3, -0.25) is 4.90 Å². The molecule has 1 heterocycles. The second-order valence-electron chi connectivity index (χ2n) is 6.01. The number of ether oxygens (including phenoxy) is 1. The van der Waals surface area contributed by atoms with Crippen molar-refractivity contribution < 1.29 is 13.5 Å². The molecule has 1 saturated heterocycles. The number of alkyl halides is 2. The Kier molecular flexibility index (Phi) is 5.95. The van der Waals surface area contributed by atoms with E-state index in [2.05, 4.69) is 37.9 Å². The number of nitrogens with one attached hydrogen (secondary N) is 1. The van der Waals surface area contributed by atoms with E-state index in [0.717, 1.165) is 19.6 Å². The number of nitrogens with zero attached hydrogens (tertiary/aromatic N) is 1. The first kappa shape index (κ1) is 15.8. The highest BCUT2D eigenvalue weighted by Crippen LogP contribution is 2.19. The zero-order valence-corrected chi connectivity index (χ0v) is 11.9. The minimum Gasteiger partial charge on any atom is -0.374 e. The maximum absolute atomic E-state index is 12.0. The molecule has 1 rings (SSSR count). The number of halogens is 2. The van der Waals surface area contributed by atoms with Crippen LogP contribution >= 0.6 is 0 Å². The molecule has 0 spiro atoms. The Morgan fingerprint density at radius 1 is 1.39 bits per heavy atom. The maximum Gasteiger partial charge on any atom is 0.261 e. The minimum absolute atomic E-state index is 0.0775. The third-order valence-electron chi connectivity index (χ3n) is 3.39. The molecule has 0 saturated carbocycles. The van der Waals surface area contributed by atoms with Crippen LogP contribution in [0.2, 0.25) is 0 Å². The quantitative estimate of drug-likeness (QED) is 0.742. The molecule has 3 nitrogen and oxygen atoms in total. The average molecular weight is 264 g/mol. The Morgan fingerprint density at radius 3 is 2.61 bits per heavy atom. The van der Waals surface area contributed by atoms with Gasteiger partial charge < -0.3 is 10.1 Å². The van der Waals surface area contributed by atoms with Crippen LogP contribution in [0.3, 0.4) is 0 Å². The van der Waals surface area contributed by atoms with Gasteiger partial charge in [0.15, 0.2) is 0 Å². The minimum atomic E-state index is -2.37. The summed E-state index contributed by atoms with van der Waals surface area (Å²) >= 11 is 0. The molecule has 1 unspecified atom stereocenters. The van der Waals surface area contributed by atoms with Gasteiger partial charge in [0.1, 0.15) is 6.61 Å². The van der Waals surface area contributed by atoms with Crippen LogP contribution in [0.1, 0.15) is 27.7 Å². The SMILES string of the molecule is CC(C)C1CNC(C)(C)CN1CCOCC(F)F. The van der Waals surface area contributed by atoms with Crippen LogP contribution in [0.15, 0.2) is 0 Å². The van der Waals surface area contributed by atoms with E-state index in [0.29, 0.717) is 18.6 Å². The van der Waals surface area contributed by atoms with Gasteiger partial charge >= 0.3 is 0 Å². The summed E-state index contributed by atoms with van der Waals surface area (Å²) in [5.74, 6) is 0.545. The van der Waals surface area contributed by atoms with E-state index in [9.17, 15) is 8.78 Å². The van der Waals surface area contributed by atoms with Crippen LogP contribution in [0.25, 0.3) is 0 Å². The number of hydrogen-bond acceptors (Lipinski definition) is 3. The fourth-order valence-electron chi connectivity index (χ4n) is 2.45. The van der Waals surface area contributed by atoms with Gasteiger partial charge in [-0.05, 0) is 19.8 Å². The van der Waals surface area contributed by atoms with Gasteiger partial charge in [0.25, 0.3) is 6.43 Å². The van der Waals surface area contributed by atoms with Gasteiger partial charge in [0.2, 0.25) is 0 Å². The Labute approximate surface area is 109 Å². The zero-order chi connectivity index (χ0) is 13.8. The number of hydrogen-bond donors (Lipinski definition) is 1. The lowest BCUT2D eigenvalue weighted by Crippen LogP contribution is -2.63. The van der Waals surface area contributed by atoms with E-state index in [1.54, 1.807) is 0 Å². The number of rotatable bonds is 6. The van der Waals surface area contributed by atoms with Gasteiger partial charge in [0, 0.05) is 31.2 Å². The van der Waals surface area contributed by atoms with Crippen LogP contribution in [-0.2, 0) is 4.74 Å². The first-order valence-corrected chi connectivity index (χ1v) is 6.67. The van der Waals surface area contributed by atoms with E-state index in [4.69, 9.17) is 4.74 Å². The molecule has 0 aromatic rings. The lowest BCUT2D eigenvalue weighted by Gasteiger charge is -2.46. The fourth-order valence-corrected chi connectivity index (χ4v) is 2.45. The van der Waals surface area contributed by atoms with Crippen molar-refractivity contribution in [3.05, 3.63) is 0 Å². The van der Waals surface area contributed by atoms with Crippen molar-refractivity contribution in [3.63, 3.8) is 0 Å². The van der Waals surface area contributed by atoms with Crippen molar-refractivity contribution >= 4 is 0 Å². The third kappa shape index (κ3) is 5.16. The molecule has 0 amide bonds. The largest absolute Gasteiger partial charge is 0.374 e. The van der Waals surface area contributed by atoms with Crippen molar-refractivity contribution in [1.82, 2.24) is 10.2 Å². The average Bonchev–Trinajstić information content (AvgIpc) is 2.22. The molecule has 1 aliphatic rings. The normalized spacial score (nSPS) is 25.0. The summed E-state index contributed by atoms with van der Waals surface area (Å²) < 4.78 is 28.9. The van der Waals surface area contributed by atoms with Crippen LogP contribution in [0.5, 0.6) is 0 Å². The smallest absolute Gasteiger partial charge is 0.261 e. The molecule has 0 aromatic heterocycles. The van der Waals surface area contributed by atoms with Gasteiger partial charge in [-0.1, -0.05) is 13.8 Å². The Hall–Kier alpha value is -0.260. The second kappa shape index (κ2) is 6.78. The summed E-state index contributed by atoms with van der Waals surface area (Å²) in [6.45, 7) is 11.2. The lowest BCUT2D eigenvalue weighted by molar-refractivity contribution is -0.00749. The topological polar surface area (TPSA) is 24.5 Å². The lowest BCUT2D eigenvalue weighted by atomic mass is 9.93. The van der Waals surface area contributed by atoms with Crippen LogP contribution in [0, 0.1) is 5.92 Å². The first-order valence-electron chi connectivity index (χ1n) is 6.67. The number of piperazine rings is 1. The highest BCUT2D eigenvalue weighted by atomic mass is 19.3. The van der Waals surface area contributed by atoms with Crippen molar-refractivity contribution in [2.45, 2.75) is 45.7 Å². The van der Waals surface area contributed by atoms with E-state index in [1.807, 2.05) is 0 Å². The summed E-state index contributed by atoms with van der Waals surface area (Å²) in [6.07, 6.45) is -2.37. The molecule has 1 fully saturated rings. The molecular formula is C13H26F2N2O. The van der Waals surface area contributed by atoms with Crippen molar-refractivity contribution in [3.8, 4) is 0 Å². The van der Waals surface area contributed by atoms with Crippen molar-refractivity contribution in [2.24, 2.45) is 5.92 Å². The molecule has 18 heavy (non-hydrogen) atoms. The molecule has 1 N–H and O–H groups in total. The Morgan fingerprint density at radius 2 is 2.06 bits per heavy atom. The van der Waals surface area contributed by atoms with Crippen LogP contribution in [-0.4, -0.2) is 55.8 Å². The predicted molar refractivity (Wildman–Crippen MR) is 69.1 cm³/mol. The van der Waals surface area contributed by atoms with Gasteiger partial charge in [-0.2, -0.15) is 0 Å². The highest BCUT2D eigenvalue weighted by molar-refractivity contribution is 4.93. The van der Waals surface area contributed by atoms with E-state index in [1.165, 1.54) is 0 Å². The monoisotopic (exact) mass is 264 g/mol. The predicted octanol–water partition coefficient (Wildman–Crippen LogP) is 1.98. The van der Waals surface area contributed by atoms with Crippen LogP contribution < -0.4 is 5.32 Å². The molecule has 1 aliphatic heterocycles. The third-order valence-corrected chi connectivity index (χ3v) is 3.39. The summed E-state index contributed by atoms with van der Waals surface area (Å²) in [6, 6.07) is 0.452. The molecule has 0 bridgehead atoms. The zero-order valence-electron chi connectivity index (χ0n) is 11.9. The summed E-state index contributed by atoms with van der Waals surface area (Å²) in [5, 5.41) is 3.53. The van der Waals surface area contributed by atoms with Crippen molar-refractivity contribution in [1.29, 1.82) is 0 Å². The van der Waals surface area contributed by atoms with Gasteiger partial charge in [-0.25, -0.2) is 8.78 Å². The molecule has 0 aromatic carbocycles. The standard InChI is InChI=1S/C13H26F2N2O/c1-10(2)11-7-16-13(3,4)9-17(11)5-6-18-8-12(14)15/h10-12,16H,5-9H2,1-4H3. The summed E-state index contributed by atoms with van der Waals surface area (Å²) in [7, 11) is 0. The van der Waals surface area contributed by atoms with Gasteiger partial charge in [-0.15, -0.1) is 0 Å². The second-order valence-corrected chi connectivity index (χ2v) is 6.01. The molecule has 0 radical (unpaired) electrons. The van der Waals surface area contributed by atoms with Crippen LogP contribution in [0.4, 0.5) is 8.78 Å².